The summed E-state index contributed by atoms with van der Waals surface area (Å²) < 4.78 is 0. The van der Waals surface area contributed by atoms with Crippen LogP contribution in [0.15, 0.2) is 36.7 Å². The monoisotopic (exact) mass is 298 g/mol. The Hall–Kier alpha value is -2.10. The molecule has 2 heterocycles. The van der Waals surface area contributed by atoms with E-state index in [2.05, 4.69) is 60.4 Å². The summed E-state index contributed by atoms with van der Waals surface area (Å²) in [5.74, 6) is 0. The van der Waals surface area contributed by atoms with Crippen LogP contribution in [-0.2, 0) is 0 Å². The van der Waals surface area contributed by atoms with Crippen molar-refractivity contribution >= 4 is 11.4 Å². The molecule has 0 aromatic carbocycles. The van der Waals surface area contributed by atoms with Gasteiger partial charge in [0.2, 0.25) is 0 Å². The molecule has 0 aliphatic rings. The highest BCUT2D eigenvalue weighted by Crippen LogP contribution is 2.22. The molecule has 0 spiro atoms. The summed E-state index contributed by atoms with van der Waals surface area (Å²) in [5, 5.41) is 6.95. The third-order valence-corrected chi connectivity index (χ3v) is 3.83. The van der Waals surface area contributed by atoms with E-state index in [1.54, 1.807) is 0 Å². The molecule has 0 aliphatic heterocycles. The van der Waals surface area contributed by atoms with Crippen LogP contribution >= 0.6 is 0 Å². The Morgan fingerprint density at radius 1 is 0.818 bits per heavy atom. The van der Waals surface area contributed by atoms with Gasteiger partial charge < -0.3 is 10.6 Å². The van der Waals surface area contributed by atoms with Crippen LogP contribution in [-0.4, -0.2) is 22.1 Å². The van der Waals surface area contributed by atoms with E-state index < -0.39 is 0 Å². The Morgan fingerprint density at radius 2 is 1.23 bits per heavy atom. The molecule has 2 aromatic heterocycles. The van der Waals surface area contributed by atoms with E-state index in [1.807, 2.05) is 24.5 Å². The van der Waals surface area contributed by atoms with Gasteiger partial charge >= 0.3 is 0 Å². The fraction of sp³-hybridized carbons (Fsp3) is 0.444. The van der Waals surface area contributed by atoms with Crippen LogP contribution in [0.4, 0.5) is 11.4 Å². The van der Waals surface area contributed by atoms with Crippen molar-refractivity contribution in [3.8, 4) is 11.4 Å². The molecule has 0 saturated carbocycles. The average molecular weight is 298 g/mol. The van der Waals surface area contributed by atoms with E-state index in [0.29, 0.717) is 12.1 Å². The molecule has 0 amide bonds. The molecule has 0 aliphatic carbocycles. The van der Waals surface area contributed by atoms with Crippen molar-refractivity contribution < 1.29 is 0 Å². The Balaban J connectivity index is 2.20. The fourth-order valence-corrected chi connectivity index (χ4v) is 2.09. The molecule has 4 nitrogen and oxygen atoms in total. The molecule has 2 unspecified atom stereocenters. The second-order valence-electron chi connectivity index (χ2n) is 5.77. The van der Waals surface area contributed by atoms with Crippen molar-refractivity contribution in [2.45, 2.75) is 52.6 Å². The minimum Gasteiger partial charge on any atom is -0.382 e. The second kappa shape index (κ2) is 7.78. The lowest BCUT2D eigenvalue weighted by Gasteiger charge is -2.15. The number of hydrogen-bond acceptors (Lipinski definition) is 4. The Morgan fingerprint density at radius 3 is 1.59 bits per heavy atom. The third-order valence-electron chi connectivity index (χ3n) is 3.83. The predicted octanol–water partition coefficient (Wildman–Crippen LogP) is 4.56. The summed E-state index contributed by atoms with van der Waals surface area (Å²) in [5.41, 5.74) is 3.95. The van der Waals surface area contributed by atoms with Crippen molar-refractivity contribution in [3.63, 3.8) is 0 Å². The minimum atomic E-state index is 0.446. The average Bonchev–Trinajstić information content (AvgIpc) is 2.55. The van der Waals surface area contributed by atoms with E-state index >= 15 is 0 Å². The van der Waals surface area contributed by atoms with Crippen molar-refractivity contribution in [2.75, 3.05) is 10.6 Å². The number of pyridine rings is 2. The summed E-state index contributed by atoms with van der Waals surface area (Å²) in [4.78, 5) is 8.91. The third kappa shape index (κ3) is 4.45. The fourth-order valence-electron chi connectivity index (χ4n) is 2.09. The van der Waals surface area contributed by atoms with Gasteiger partial charge in [0.15, 0.2) is 0 Å². The summed E-state index contributed by atoms with van der Waals surface area (Å²) in [7, 11) is 0. The molecule has 0 radical (unpaired) electrons. The second-order valence-corrected chi connectivity index (χ2v) is 5.77. The number of nitrogens with one attached hydrogen (secondary N) is 2. The van der Waals surface area contributed by atoms with Crippen LogP contribution in [0.1, 0.15) is 40.5 Å². The number of nitrogens with zero attached hydrogens (tertiary/aromatic N) is 2. The van der Waals surface area contributed by atoms with Gasteiger partial charge in [-0.05, 0) is 51.0 Å². The maximum absolute atomic E-state index is 4.45. The first-order valence-corrected chi connectivity index (χ1v) is 8.08. The first-order chi connectivity index (χ1) is 10.6. The van der Waals surface area contributed by atoms with Crippen LogP contribution in [0.5, 0.6) is 0 Å². The van der Waals surface area contributed by atoms with Crippen LogP contribution in [0.25, 0.3) is 11.4 Å². The highest BCUT2D eigenvalue weighted by Gasteiger charge is 2.06. The number of rotatable bonds is 7. The highest BCUT2D eigenvalue weighted by molar-refractivity contribution is 5.64. The topological polar surface area (TPSA) is 49.8 Å². The van der Waals surface area contributed by atoms with E-state index in [4.69, 9.17) is 0 Å². The zero-order valence-corrected chi connectivity index (χ0v) is 13.9. The van der Waals surface area contributed by atoms with Crippen LogP contribution in [0, 0.1) is 0 Å². The minimum absolute atomic E-state index is 0.446. The van der Waals surface area contributed by atoms with Gasteiger partial charge in [0.25, 0.3) is 0 Å². The van der Waals surface area contributed by atoms with Gasteiger partial charge in [0, 0.05) is 35.9 Å². The Bertz CT molecular complexity index is 544. The van der Waals surface area contributed by atoms with Crippen molar-refractivity contribution in [1.29, 1.82) is 0 Å². The zero-order chi connectivity index (χ0) is 15.9. The molecule has 2 N–H and O–H groups in total. The largest absolute Gasteiger partial charge is 0.382 e. The molecular formula is C18H26N4. The Kier molecular flexibility index (Phi) is 5.75. The summed E-state index contributed by atoms with van der Waals surface area (Å²) in [6, 6.07) is 9.00. The van der Waals surface area contributed by atoms with Gasteiger partial charge in [-0.15, -0.1) is 0 Å². The SMILES string of the molecule is CCC(C)Nc1ccnc(-c2cc(NC(C)CC)ccn2)c1. The molecule has 4 heteroatoms. The number of hydrogen-bond donors (Lipinski definition) is 2. The molecule has 0 fully saturated rings. The molecule has 118 valence electrons. The molecule has 22 heavy (non-hydrogen) atoms. The highest BCUT2D eigenvalue weighted by atomic mass is 14.9. The van der Waals surface area contributed by atoms with Gasteiger partial charge in [-0.2, -0.15) is 0 Å². The first kappa shape index (κ1) is 16.3. The standard InChI is InChI=1S/C18H26N4/c1-5-13(3)21-15-7-9-19-17(11-15)18-12-16(8-10-20-18)22-14(4)6-2/h7-14H,5-6H2,1-4H3,(H,19,21)(H,20,22). The first-order valence-electron chi connectivity index (χ1n) is 8.08. The molecular weight excluding hydrogens is 272 g/mol. The predicted molar refractivity (Wildman–Crippen MR) is 94.2 cm³/mol. The van der Waals surface area contributed by atoms with E-state index in [0.717, 1.165) is 35.6 Å². The molecule has 2 rings (SSSR count). The van der Waals surface area contributed by atoms with E-state index in [-0.39, 0.29) is 0 Å². The Labute approximate surface area is 133 Å². The van der Waals surface area contributed by atoms with Gasteiger partial charge in [-0.1, -0.05) is 13.8 Å². The van der Waals surface area contributed by atoms with Crippen LogP contribution in [0.2, 0.25) is 0 Å². The smallest absolute Gasteiger partial charge is 0.0907 e. The van der Waals surface area contributed by atoms with E-state index in [1.165, 1.54) is 0 Å². The van der Waals surface area contributed by atoms with Gasteiger partial charge in [0.05, 0.1) is 11.4 Å². The lowest BCUT2D eigenvalue weighted by Crippen LogP contribution is -2.13. The summed E-state index contributed by atoms with van der Waals surface area (Å²) >= 11 is 0. The van der Waals surface area contributed by atoms with Crippen molar-refractivity contribution in [2.24, 2.45) is 0 Å². The lowest BCUT2D eigenvalue weighted by atomic mass is 10.2. The lowest BCUT2D eigenvalue weighted by molar-refractivity contribution is 0.763. The molecule has 2 atom stereocenters. The van der Waals surface area contributed by atoms with Crippen molar-refractivity contribution in [1.82, 2.24) is 9.97 Å². The maximum atomic E-state index is 4.45. The van der Waals surface area contributed by atoms with Gasteiger partial charge in [-0.3, -0.25) is 9.97 Å². The summed E-state index contributed by atoms with van der Waals surface area (Å²) in [6.07, 6.45) is 5.83. The maximum Gasteiger partial charge on any atom is 0.0907 e. The number of aromatic nitrogens is 2. The quantitative estimate of drug-likeness (QED) is 0.786. The molecule has 2 aromatic rings. The van der Waals surface area contributed by atoms with Crippen molar-refractivity contribution in [3.05, 3.63) is 36.7 Å². The van der Waals surface area contributed by atoms with Crippen LogP contribution < -0.4 is 10.6 Å². The normalized spacial score (nSPS) is 13.5. The van der Waals surface area contributed by atoms with Gasteiger partial charge in [-0.25, -0.2) is 0 Å². The molecule has 0 saturated heterocycles. The summed E-state index contributed by atoms with van der Waals surface area (Å²) in [6.45, 7) is 8.70. The van der Waals surface area contributed by atoms with E-state index in [9.17, 15) is 0 Å². The molecule has 0 bridgehead atoms. The number of anilines is 2. The van der Waals surface area contributed by atoms with Crippen LogP contribution in [0.3, 0.4) is 0 Å². The zero-order valence-electron chi connectivity index (χ0n) is 13.9. The van der Waals surface area contributed by atoms with Gasteiger partial charge in [0.1, 0.15) is 0 Å².